The van der Waals surface area contributed by atoms with Crippen LogP contribution in [0.2, 0.25) is 0 Å². The van der Waals surface area contributed by atoms with Crippen LogP contribution in [0.15, 0.2) is 16.8 Å². The molecule has 15 heavy (non-hydrogen) atoms. The third-order valence-corrected chi connectivity index (χ3v) is 3.83. The first-order chi connectivity index (χ1) is 7.45. The van der Waals surface area contributed by atoms with E-state index < -0.39 is 0 Å². The highest BCUT2D eigenvalue weighted by atomic mass is 32.1. The van der Waals surface area contributed by atoms with E-state index in [1.807, 2.05) is 0 Å². The molecule has 1 aromatic rings. The van der Waals surface area contributed by atoms with Crippen LogP contribution in [0.1, 0.15) is 24.8 Å². The monoisotopic (exact) mass is 224 g/mol. The van der Waals surface area contributed by atoms with Crippen LogP contribution in [0.25, 0.3) is 0 Å². The maximum atomic E-state index is 3.52. The van der Waals surface area contributed by atoms with Crippen LogP contribution in [0.5, 0.6) is 0 Å². The van der Waals surface area contributed by atoms with E-state index in [0.717, 1.165) is 12.5 Å². The second-order valence-electron chi connectivity index (χ2n) is 4.29. The molecule has 0 amide bonds. The molecule has 84 valence electrons. The highest BCUT2D eigenvalue weighted by Crippen LogP contribution is 2.14. The Morgan fingerprint density at radius 3 is 3.00 bits per heavy atom. The lowest BCUT2D eigenvalue weighted by Gasteiger charge is -2.22. The van der Waals surface area contributed by atoms with Crippen molar-refractivity contribution in [2.75, 3.05) is 19.6 Å². The van der Waals surface area contributed by atoms with Crippen molar-refractivity contribution in [3.05, 3.63) is 22.4 Å². The third-order valence-electron chi connectivity index (χ3n) is 3.10. The lowest BCUT2D eigenvalue weighted by molar-refractivity contribution is 0.348. The standard InChI is InChI=1S/C12H20N2S/c1-5-13-6-2-11(1)3-7-14-9-12-4-8-15-10-12/h4,8,10-11,13-14H,1-3,5-7,9H2. The first-order valence-electron chi connectivity index (χ1n) is 5.87. The van der Waals surface area contributed by atoms with E-state index in [-0.39, 0.29) is 0 Å². The summed E-state index contributed by atoms with van der Waals surface area (Å²) in [5.41, 5.74) is 1.42. The first kappa shape index (κ1) is 11.1. The molecule has 1 aromatic heterocycles. The highest BCUT2D eigenvalue weighted by Gasteiger charge is 2.11. The minimum atomic E-state index is 0.946. The molecule has 3 heteroatoms. The first-order valence-corrected chi connectivity index (χ1v) is 6.82. The molecule has 0 spiro atoms. The minimum Gasteiger partial charge on any atom is -0.317 e. The van der Waals surface area contributed by atoms with Gasteiger partial charge in [-0.3, -0.25) is 0 Å². The SMILES string of the molecule is c1cc(CNCCC2CCNCC2)cs1. The minimum absolute atomic E-state index is 0.946. The lowest BCUT2D eigenvalue weighted by atomic mass is 9.95. The number of nitrogens with one attached hydrogen (secondary N) is 2. The van der Waals surface area contributed by atoms with Gasteiger partial charge in [-0.2, -0.15) is 11.3 Å². The lowest BCUT2D eigenvalue weighted by Crippen LogP contribution is -2.29. The Bertz CT molecular complexity index is 253. The maximum absolute atomic E-state index is 3.52. The molecule has 1 aliphatic rings. The third kappa shape index (κ3) is 3.93. The predicted octanol–water partition coefficient (Wildman–Crippen LogP) is 2.23. The highest BCUT2D eigenvalue weighted by molar-refractivity contribution is 7.07. The number of rotatable bonds is 5. The second-order valence-corrected chi connectivity index (χ2v) is 5.07. The molecule has 1 aliphatic heterocycles. The van der Waals surface area contributed by atoms with Gasteiger partial charge in [0.05, 0.1) is 0 Å². The van der Waals surface area contributed by atoms with Crippen molar-refractivity contribution < 1.29 is 0 Å². The van der Waals surface area contributed by atoms with E-state index in [9.17, 15) is 0 Å². The predicted molar refractivity (Wildman–Crippen MR) is 66.2 cm³/mol. The van der Waals surface area contributed by atoms with Gasteiger partial charge in [0.25, 0.3) is 0 Å². The summed E-state index contributed by atoms with van der Waals surface area (Å²) in [7, 11) is 0. The Morgan fingerprint density at radius 1 is 1.40 bits per heavy atom. The molecule has 0 saturated carbocycles. The van der Waals surface area contributed by atoms with E-state index in [4.69, 9.17) is 0 Å². The van der Waals surface area contributed by atoms with Gasteiger partial charge in [-0.15, -0.1) is 0 Å². The van der Waals surface area contributed by atoms with Gasteiger partial charge in [0.1, 0.15) is 0 Å². The van der Waals surface area contributed by atoms with Gasteiger partial charge < -0.3 is 10.6 Å². The van der Waals surface area contributed by atoms with Crippen LogP contribution in [-0.4, -0.2) is 19.6 Å². The molecule has 2 N–H and O–H groups in total. The van der Waals surface area contributed by atoms with Gasteiger partial charge in [-0.1, -0.05) is 0 Å². The van der Waals surface area contributed by atoms with Crippen LogP contribution in [-0.2, 0) is 6.54 Å². The van der Waals surface area contributed by atoms with Crippen LogP contribution in [0.4, 0.5) is 0 Å². The number of thiophene rings is 1. The quantitative estimate of drug-likeness (QED) is 0.750. The molecular formula is C12H20N2S. The molecular weight excluding hydrogens is 204 g/mol. The van der Waals surface area contributed by atoms with Crippen molar-refractivity contribution in [2.24, 2.45) is 5.92 Å². The van der Waals surface area contributed by atoms with Crippen molar-refractivity contribution in [3.63, 3.8) is 0 Å². The number of hydrogen-bond donors (Lipinski definition) is 2. The van der Waals surface area contributed by atoms with Crippen molar-refractivity contribution in [1.82, 2.24) is 10.6 Å². The summed E-state index contributed by atoms with van der Waals surface area (Å²) in [5, 5.41) is 11.3. The van der Waals surface area contributed by atoms with Crippen molar-refractivity contribution in [1.29, 1.82) is 0 Å². The normalized spacial score (nSPS) is 18.1. The fraction of sp³-hybridized carbons (Fsp3) is 0.667. The van der Waals surface area contributed by atoms with Crippen LogP contribution >= 0.6 is 11.3 Å². The molecule has 0 atom stereocenters. The largest absolute Gasteiger partial charge is 0.317 e. The fourth-order valence-corrected chi connectivity index (χ4v) is 2.77. The summed E-state index contributed by atoms with van der Waals surface area (Å²) in [6.45, 7) is 4.64. The average Bonchev–Trinajstić information content (AvgIpc) is 2.79. The van der Waals surface area contributed by atoms with E-state index in [1.54, 1.807) is 11.3 Å². The molecule has 2 nitrogen and oxygen atoms in total. The van der Waals surface area contributed by atoms with Gasteiger partial charge in [0, 0.05) is 6.54 Å². The van der Waals surface area contributed by atoms with E-state index in [2.05, 4.69) is 27.5 Å². The zero-order valence-corrected chi connectivity index (χ0v) is 9.98. The zero-order valence-electron chi connectivity index (χ0n) is 9.17. The molecule has 1 fully saturated rings. The van der Waals surface area contributed by atoms with E-state index in [1.165, 1.54) is 44.5 Å². The Labute approximate surface area is 96.1 Å². The molecule has 0 unspecified atom stereocenters. The molecule has 2 heterocycles. The summed E-state index contributed by atoms with van der Waals surface area (Å²) in [4.78, 5) is 0. The molecule has 0 radical (unpaired) electrons. The van der Waals surface area contributed by atoms with Crippen molar-refractivity contribution in [2.45, 2.75) is 25.8 Å². The van der Waals surface area contributed by atoms with Gasteiger partial charge in [-0.05, 0) is 67.2 Å². The van der Waals surface area contributed by atoms with E-state index in [0.29, 0.717) is 0 Å². The zero-order chi connectivity index (χ0) is 10.3. The summed E-state index contributed by atoms with van der Waals surface area (Å²) >= 11 is 1.78. The smallest absolute Gasteiger partial charge is 0.0213 e. The Hall–Kier alpha value is -0.380. The molecule has 1 saturated heterocycles. The summed E-state index contributed by atoms with van der Waals surface area (Å²) < 4.78 is 0. The van der Waals surface area contributed by atoms with Crippen LogP contribution in [0.3, 0.4) is 0 Å². The maximum Gasteiger partial charge on any atom is 0.0213 e. The summed E-state index contributed by atoms with van der Waals surface area (Å²) in [6, 6.07) is 2.20. The van der Waals surface area contributed by atoms with Gasteiger partial charge in [0.2, 0.25) is 0 Å². The van der Waals surface area contributed by atoms with Crippen molar-refractivity contribution in [3.8, 4) is 0 Å². The topological polar surface area (TPSA) is 24.1 Å². The number of hydrogen-bond acceptors (Lipinski definition) is 3. The molecule has 0 bridgehead atoms. The van der Waals surface area contributed by atoms with Crippen LogP contribution in [0, 0.1) is 5.92 Å². The molecule has 0 aliphatic carbocycles. The summed E-state index contributed by atoms with van der Waals surface area (Å²) in [6.07, 6.45) is 4.06. The molecule has 0 aromatic carbocycles. The Balaban J connectivity index is 1.54. The average molecular weight is 224 g/mol. The van der Waals surface area contributed by atoms with Gasteiger partial charge in [0.15, 0.2) is 0 Å². The Kier molecular flexibility index (Phi) is 4.64. The Morgan fingerprint density at radius 2 is 2.27 bits per heavy atom. The van der Waals surface area contributed by atoms with Gasteiger partial charge >= 0.3 is 0 Å². The summed E-state index contributed by atoms with van der Waals surface area (Å²) in [5.74, 6) is 0.946. The number of piperidine rings is 1. The van der Waals surface area contributed by atoms with Crippen LogP contribution < -0.4 is 10.6 Å². The second kappa shape index (κ2) is 6.26. The van der Waals surface area contributed by atoms with Gasteiger partial charge in [-0.25, -0.2) is 0 Å². The van der Waals surface area contributed by atoms with Crippen molar-refractivity contribution >= 4 is 11.3 Å². The van der Waals surface area contributed by atoms with E-state index >= 15 is 0 Å². The molecule has 2 rings (SSSR count). The fourth-order valence-electron chi connectivity index (χ4n) is 2.10.